The minimum absolute atomic E-state index is 0.0461. The lowest BCUT2D eigenvalue weighted by atomic mass is 9.96. The molecule has 0 unspecified atom stereocenters. The van der Waals surface area contributed by atoms with Crippen LogP contribution in [0.2, 0.25) is 0 Å². The van der Waals surface area contributed by atoms with E-state index < -0.39 is 0 Å². The van der Waals surface area contributed by atoms with E-state index >= 15 is 0 Å². The molecule has 2 aromatic heterocycles. The zero-order chi connectivity index (χ0) is 27.6. The normalized spacial score (nSPS) is 16.8. The molecule has 5 aromatic rings. The summed E-state index contributed by atoms with van der Waals surface area (Å²) in [6.07, 6.45) is 2.12. The average molecular weight is 546 g/mol. The molecular weight excluding hydrogens is 514 g/mol. The van der Waals surface area contributed by atoms with Crippen molar-refractivity contribution in [2.24, 2.45) is 0 Å². The number of fused-ring (bicyclic) bond motifs is 1. The smallest absolute Gasteiger partial charge is 0.226 e. The van der Waals surface area contributed by atoms with E-state index in [1.165, 1.54) is 10.8 Å². The third-order valence-electron chi connectivity index (χ3n) is 7.63. The minimum Gasteiger partial charge on any atom is -0.352 e. The van der Waals surface area contributed by atoms with E-state index in [1.807, 2.05) is 54.7 Å². The van der Waals surface area contributed by atoms with Crippen LogP contribution in [0.15, 0.2) is 103 Å². The van der Waals surface area contributed by atoms with Crippen LogP contribution < -0.4 is 10.6 Å². The Balaban J connectivity index is 1.37. The number of benzene rings is 3. The molecule has 6 nitrogen and oxygen atoms in total. The van der Waals surface area contributed by atoms with Crippen molar-refractivity contribution in [2.75, 3.05) is 11.9 Å². The molecule has 7 heteroatoms. The molecule has 3 aromatic carbocycles. The molecule has 6 rings (SSSR count). The van der Waals surface area contributed by atoms with Crippen LogP contribution in [-0.4, -0.2) is 32.0 Å². The van der Waals surface area contributed by atoms with Gasteiger partial charge in [0.2, 0.25) is 5.91 Å². The fourth-order valence-electron chi connectivity index (χ4n) is 5.81. The summed E-state index contributed by atoms with van der Waals surface area (Å²) in [6.45, 7) is 4.80. The number of aromatic nitrogens is 2. The van der Waals surface area contributed by atoms with Gasteiger partial charge in [-0.1, -0.05) is 60.7 Å². The number of para-hydroxylation sites is 1. The molecular formula is C33H31N5OS. The van der Waals surface area contributed by atoms with Crippen molar-refractivity contribution in [1.29, 1.82) is 0 Å². The Labute approximate surface area is 239 Å². The molecule has 2 N–H and O–H groups in total. The maximum absolute atomic E-state index is 12.9. The van der Waals surface area contributed by atoms with Crippen LogP contribution in [-0.2, 0) is 4.79 Å². The molecule has 40 heavy (non-hydrogen) atoms. The predicted molar refractivity (Wildman–Crippen MR) is 165 cm³/mol. The highest BCUT2D eigenvalue weighted by molar-refractivity contribution is 7.80. The maximum atomic E-state index is 12.9. The van der Waals surface area contributed by atoms with E-state index in [1.54, 1.807) is 0 Å². The van der Waals surface area contributed by atoms with Crippen molar-refractivity contribution in [1.82, 2.24) is 19.8 Å². The van der Waals surface area contributed by atoms with Gasteiger partial charge >= 0.3 is 0 Å². The summed E-state index contributed by atoms with van der Waals surface area (Å²) in [7, 11) is 0. The summed E-state index contributed by atoms with van der Waals surface area (Å²) in [4.78, 5) is 19.7. The summed E-state index contributed by atoms with van der Waals surface area (Å²) in [6, 6.07) is 32.4. The van der Waals surface area contributed by atoms with Crippen molar-refractivity contribution < 1.29 is 4.79 Å². The SMILES string of the molecule is Cc1cc([C@@H]2[C@@H](c3ccccn3)NC(=S)N2CCC(=O)Nc2ccccc2)c(C)n1-c1cccc2ccccc12. The first kappa shape index (κ1) is 25.8. The Morgan fingerprint density at radius 1 is 0.950 bits per heavy atom. The number of aryl methyl sites for hydroxylation is 1. The standard InChI is InChI=1S/C33H31N5OS/c1-22-21-27(23(2)38(22)29-17-10-12-24-11-6-7-15-26(24)29)32-31(28-16-8-9-19-34-28)36-33(40)37(32)20-18-30(39)35-25-13-4-3-5-14-25/h3-17,19,21,31-32H,18,20H2,1-2H3,(H,35,39)(H,36,40)/t31-,32-/m1/s1. The topological polar surface area (TPSA) is 62.2 Å². The monoisotopic (exact) mass is 545 g/mol. The van der Waals surface area contributed by atoms with Crippen LogP contribution >= 0.6 is 12.2 Å². The Kier molecular flexibility index (Phi) is 7.05. The molecule has 2 atom stereocenters. The molecule has 3 heterocycles. The molecule has 200 valence electrons. The molecule has 0 bridgehead atoms. The molecule has 1 saturated heterocycles. The van der Waals surface area contributed by atoms with Gasteiger partial charge in [-0.3, -0.25) is 9.78 Å². The lowest BCUT2D eigenvalue weighted by molar-refractivity contribution is -0.116. The Morgan fingerprint density at radius 3 is 2.50 bits per heavy atom. The van der Waals surface area contributed by atoms with Crippen molar-refractivity contribution in [3.63, 3.8) is 0 Å². The lowest BCUT2D eigenvalue weighted by Crippen LogP contribution is -2.32. The van der Waals surface area contributed by atoms with Crippen LogP contribution in [0.25, 0.3) is 16.5 Å². The molecule has 0 spiro atoms. The number of rotatable bonds is 7. The fraction of sp³-hybridized carbons (Fsp3) is 0.182. The number of pyridine rings is 1. The second-order valence-corrected chi connectivity index (χ2v) is 10.5. The number of anilines is 1. The first-order valence-electron chi connectivity index (χ1n) is 13.5. The van der Waals surface area contributed by atoms with Gasteiger partial charge in [-0.15, -0.1) is 0 Å². The Morgan fingerprint density at radius 2 is 1.70 bits per heavy atom. The van der Waals surface area contributed by atoms with Gasteiger partial charge in [0.15, 0.2) is 5.11 Å². The zero-order valence-electron chi connectivity index (χ0n) is 22.5. The highest BCUT2D eigenvalue weighted by atomic mass is 32.1. The zero-order valence-corrected chi connectivity index (χ0v) is 23.4. The molecule has 1 aliphatic rings. The van der Waals surface area contributed by atoms with E-state index in [2.05, 4.69) is 87.5 Å². The molecule has 0 aliphatic carbocycles. The quantitative estimate of drug-likeness (QED) is 0.225. The van der Waals surface area contributed by atoms with Gasteiger partial charge < -0.3 is 20.1 Å². The lowest BCUT2D eigenvalue weighted by Gasteiger charge is -2.28. The van der Waals surface area contributed by atoms with E-state index in [0.717, 1.165) is 34.0 Å². The third-order valence-corrected chi connectivity index (χ3v) is 7.98. The van der Waals surface area contributed by atoms with Crippen LogP contribution in [0.5, 0.6) is 0 Å². The van der Waals surface area contributed by atoms with Crippen molar-refractivity contribution in [2.45, 2.75) is 32.4 Å². The Bertz CT molecular complexity index is 1680. The average Bonchev–Trinajstić information content (AvgIpc) is 3.46. The van der Waals surface area contributed by atoms with Crippen molar-refractivity contribution >= 4 is 39.7 Å². The fourth-order valence-corrected chi connectivity index (χ4v) is 6.14. The van der Waals surface area contributed by atoms with Gasteiger partial charge in [-0.2, -0.15) is 0 Å². The summed E-state index contributed by atoms with van der Waals surface area (Å²) < 4.78 is 2.33. The van der Waals surface area contributed by atoms with E-state index in [4.69, 9.17) is 12.2 Å². The van der Waals surface area contributed by atoms with Gasteiger partial charge in [0.05, 0.1) is 23.5 Å². The number of carbonyl (C=O) groups excluding carboxylic acids is 1. The highest BCUT2D eigenvalue weighted by Gasteiger charge is 2.41. The Hall–Kier alpha value is -4.49. The van der Waals surface area contributed by atoms with Gasteiger partial charge in [-0.05, 0) is 73.4 Å². The minimum atomic E-state index is -0.146. The summed E-state index contributed by atoms with van der Waals surface area (Å²) in [5.41, 5.74) is 6.30. The van der Waals surface area contributed by atoms with Crippen LogP contribution in [0.1, 0.15) is 41.1 Å². The number of nitrogens with one attached hydrogen (secondary N) is 2. The van der Waals surface area contributed by atoms with Gasteiger partial charge in [-0.25, -0.2) is 0 Å². The number of nitrogens with zero attached hydrogens (tertiary/aromatic N) is 3. The van der Waals surface area contributed by atoms with Crippen molar-refractivity contribution in [3.8, 4) is 5.69 Å². The molecule has 1 fully saturated rings. The number of hydrogen-bond acceptors (Lipinski definition) is 3. The summed E-state index contributed by atoms with van der Waals surface area (Å²) in [5.74, 6) is -0.0461. The number of amides is 1. The van der Waals surface area contributed by atoms with Crippen LogP contribution in [0.4, 0.5) is 5.69 Å². The number of thiocarbonyl (C=S) groups is 1. The summed E-state index contributed by atoms with van der Waals surface area (Å²) >= 11 is 5.86. The number of carbonyl (C=O) groups is 1. The van der Waals surface area contributed by atoms with Gasteiger partial charge in [0, 0.05) is 41.6 Å². The second-order valence-electron chi connectivity index (χ2n) is 10.1. The number of hydrogen-bond donors (Lipinski definition) is 2. The van der Waals surface area contributed by atoms with Crippen LogP contribution in [0.3, 0.4) is 0 Å². The highest BCUT2D eigenvalue weighted by Crippen LogP contribution is 2.42. The van der Waals surface area contributed by atoms with Crippen LogP contribution in [0, 0.1) is 13.8 Å². The third kappa shape index (κ3) is 4.84. The summed E-state index contributed by atoms with van der Waals surface area (Å²) in [5, 5.41) is 9.55. The van der Waals surface area contributed by atoms with Gasteiger partial charge in [0.1, 0.15) is 0 Å². The van der Waals surface area contributed by atoms with Gasteiger partial charge in [0.25, 0.3) is 0 Å². The predicted octanol–water partition coefficient (Wildman–Crippen LogP) is 6.64. The first-order chi connectivity index (χ1) is 19.5. The molecule has 0 radical (unpaired) electrons. The molecule has 1 amide bonds. The maximum Gasteiger partial charge on any atom is 0.226 e. The molecule has 0 saturated carbocycles. The first-order valence-corrected chi connectivity index (χ1v) is 13.9. The van der Waals surface area contributed by atoms with Crippen molar-refractivity contribution in [3.05, 3.63) is 126 Å². The largest absolute Gasteiger partial charge is 0.352 e. The van der Waals surface area contributed by atoms with E-state index in [0.29, 0.717) is 18.1 Å². The van der Waals surface area contributed by atoms with E-state index in [9.17, 15) is 4.79 Å². The molecule has 1 aliphatic heterocycles. The van der Waals surface area contributed by atoms with E-state index in [-0.39, 0.29) is 18.0 Å². The second kappa shape index (κ2) is 10.9.